The summed E-state index contributed by atoms with van der Waals surface area (Å²) in [6, 6.07) is 3.09. The quantitative estimate of drug-likeness (QED) is 0.866. The molecule has 0 heterocycles. The van der Waals surface area contributed by atoms with E-state index in [1.807, 2.05) is 13.8 Å². The summed E-state index contributed by atoms with van der Waals surface area (Å²) in [7, 11) is 0. The summed E-state index contributed by atoms with van der Waals surface area (Å²) in [4.78, 5) is 0. The Labute approximate surface area is 114 Å². The molecule has 1 saturated carbocycles. The molecular formula is C13H15ClF3NO. The lowest BCUT2D eigenvalue weighted by Crippen LogP contribution is -2.56. The van der Waals surface area contributed by atoms with Gasteiger partial charge in [0, 0.05) is 11.5 Å². The average Bonchev–Trinajstić information content (AvgIpc) is 2.29. The van der Waals surface area contributed by atoms with Gasteiger partial charge < -0.3 is 10.4 Å². The van der Waals surface area contributed by atoms with E-state index in [9.17, 15) is 18.3 Å². The van der Waals surface area contributed by atoms with Crippen LogP contribution in [0.15, 0.2) is 18.2 Å². The van der Waals surface area contributed by atoms with Crippen LogP contribution in [0, 0.1) is 5.41 Å². The number of halogens is 4. The second-order valence-electron chi connectivity index (χ2n) is 5.46. The Balaban J connectivity index is 2.21. The van der Waals surface area contributed by atoms with Gasteiger partial charge in [0.2, 0.25) is 0 Å². The smallest absolute Gasteiger partial charge is 0.392 e. The van der Waals surface area contributed by atoms with Gasteiger partial charge >= 0.3 is 6.18 Å². The van der Waals surface area contributed by atoms with Gasteiger partial charge in [0.1, 0.15) is 0 Å². The summed E-state index contributed by atoms with van der Waals surface area (Å²) >= 11 is 5.91. The monoisotopic (exact) mass is 293 g/mol. The number of benzene rings is 1. The SMILES string of the molecule is CC1(C)C(O)CC1Nc1cc(C(F)(F)F)ccc1Cl. The fraction of sp³-hybridized carbons (Fsp3) is 0.538. The number of aliphatic hydroxyl groups is 1. The first-order chi connectivity index (χ1) is 8.62. The molecule has 0 saturated heterocycles. The standard InChI is InChI=1S/C13H15ClF3NO/c1-12(2)10(6-11(12)19)18-9-5-7(13(15,16)17)3-4-8(9)14/h3-5,10-11,18-19H,6H2,1-2H3. The Hall–Kier alpha value is -0.940. The van der Waals surface area contributed by atoms with Gasteiger partial charge in [0.05, 0.1) is 22.4 Å². The van der Waals surface area contributed by atoms with Crippen LogP contribution in [-0.2, 0) is 6.18 Å². The Morgan fingerprint density at radius 1 is 1.37 bits per heavy atom. The number of nitrogens with one attached hydrogen (secondary N) is 1. The van der Waals surface area contributed by atoms with Crippen molar-refractivity contribution in [1.82, 2.24) is 0 Å². The summed E-state index contributed by atoms with van der Waals surface area (Å²) in [6.07, 6.45) is -4.34. The summed E-state index contributed by atoms with van der Waals surface area (Å²) < 4.78 is 37.9. The van der Waals surface area contributed by atoms with E-state index in [2.05, 4.69) is 5.32 Å². The Kier molecular flexibility index (Phi) is 3.47. The second-order valence-corrected chi connectivity index (χ2v) is 5.87. The normalized spacial score (nSPS) is 25.8. The Morgan fingerprint density at radius 2 is 2.00 bits per heavy atom. The van der Waals surface area contributed by atoms with Gasteiger partial charge in [-0.1, -0.05) is 25.4 Å². The summed E-state index contributed by atoms with van der Waals surface area (Å²) in [5.74, 6) is 0. The number of rotatable bonds is 2. The molecule has 0 aromatic heterocycles. The molecule has 0 radical (unpaired) electrons. The van der Waals surface area contributed by atoms with Crippen molar-refractivity contribution in [3.05, 3.63) is 28.8 Å². The van der Waals surface area contributed by atoms with E-state index >= 15 is 0 Å². The predicted molar refractivity (Wildman–Crippen MR) is 68.3 cm³/mol. The number of hydrogen-bond acceptors (Lipinski definition) is 2. The number of aliphatic hydroxyl groups excluding tert-OH is 1. The van der Waals surface area contributed by atoms with Gasteiger partial charge in [-0.2, -0.15) is 13.2 Å². The van der Waals surface area contributed by atoms with E-state index < -0.39 is 17.8 Å². The van der Waals surface area contributed by atoms with Gasteiger partial charge in [-0.25, -0.2) is 0 Å². The highest BCUT2D eigenvalue weighted by Crippen LogP contribution is 2.43. The van der Waals surface area contributed by atoms with E-state index in [1.54, 1.807) is 0 Å². The summed E-state index contributed by atoms with van der Waals surface area (Å²) in [5, 5.41) is 12.9. The molecule has 2 unspecified atom stereocenters. The largest absolute Gasteiger partial charge is 0.416 e. The Bertz CT molecular complexity index is 487. The van der Waals surface area contributed by atoms with E-state index in [4.69, 9.17) is 11.6 Å². The van der Waals surface area contributed by atoms with E-state index in [0.29, 0.717) is 6.42 Å². The van der Waals surface area contributed by atoms with Crippen molar-refractivity contribution in [1.29, 1.82) is 0 Å². The van der Waals surface area contributed by atoms with Crippen LogP contribution < -0.4 is 5.32 Å². The van der Waals surface area contributed by atoms with Crippen LogP contribution >= 0.6 is 11.6 Å². The third kappa shape index (κ3) is 2.67. The fourth-order valence-electron chi connectivity index (χ4n) is 2.15. The highest BCUT2D eigenvalue weighted by molar-refractivity contribution is 6.33. The van der Waals surface area contributed by atoms with Crippen LogP contribution in [0.25, 0.3) is 0 Å². The number of hydrogen-bond donors (Lipinski definition) is 2. The molecule has 106 valence electrons. The summed E-state index contributed by atoms with van der Waals surface area (Å²) in [6.45, 7) is 3.72. The molecule has 1 aromatic rings. The van der Waals surface area contributed by atoms with Crippen molar-refractivity contribution in [2.75, 3.05) is 5.32 Å². The topological polar surface area (TPSA) is 32.3 Å². The van der Waals surface area contributed by atoms with Gasteiger partial charge in [0.25, 0.3) is 0 Å². The van der Waals surface area contributed by atoms with Crippen molar-refractivity contribution >= 4 is 17.3 Å². The molecule has 0 bridgehead atoms. The minimum absolute atomic E-state index is 0.0940. The lowest BCUT2D eigenvalue weighted by Gasteiger charge is -2.50. The number of anilines is 1. The van der Waals surface area contributed by atoms with Crippen LogP contribution in [-0.4, -0.2) is 17.3 Å². The molecule has 6 heteroatoms. The zero-order chi connectivity index (χ0) is 14.4. The van der Waals surface area contributed by atoms with Gasteiger partial charge in [0.15, 0.2) is 0 Å². The van der Waals surface area contributed by atoms with Crippen molar-refractivity contribution in [3.8, 4) is 0 Å². The Morgan fingerprint density at radius 3 is 2.47 bits per heavy atom. The average molecular weight is 294 g/mol. The van der Waals surface area contributed by atoms with Crippen LogP contribution in [0.5, 0.6) is 0 Å². The van der Waals surface area contributed by atoms with Crippen LogP contribution in [0.2, 0.25) is 5.02 Å². The van der Waals surface area contributed by atoms with E-state index in [1.165, 1.54) is 6.07 Å². The maximum atomic E-state index is 12.6. The molecule has 0 spiro atoms. The van der Waals surface area contributed by atoms with Crippen molar-refractivity contribution < 1.29 is 18.3 Å². The van der Waals surface area contributed by atoms with Gasteiger partial charge in [-0.15, -0.1) is 0 Å². The maximum absolute atomic E-state index is 12.6. The minimum atomic E-state index is -4.39. The van der Waals surface area contributed by atoms with Crippen LogP contribution in [0.3, 0.4) is 0 Å². The van der Waals surface area contributed by atoms with Crippen molar-refractivity contribution in [3.63, 3.8) is 0 Å². The lowest BCUT2D eigenvalue weighted by atomic mass is 9.64. The molecule has 2 atom stereocenters. The molecule has 0 aliphatic heterocycles. The van der Waals surface area contributed by atoms with E-state index in [0.717, 1.165) is 12.1 Å². The molecule has 2 rings (SSSR count). The molecule has 1 aromatic carbocycles. The molecule has 1 aliphatic carbocycles. The third-order valence-corrected chi connectivity index (χ3v) is 4.17. The molecule has 1 aliphatic rings. The maximum Gasteiger partial charge on any atom is 0.416 e. The van der Waals surface area contributed by atoms with Gasteiger partial charge in [-0.05, 0) is 24.6 Å². The molecular weight excluding hydrogens is 279 g/mol. The zero-order valence-electron chi connectivity index (χ0n) is 10.6. The number of alkyl halides is 3. The van der Waals surface area contributed by atoms with Crippen molar-refractivity contribution in [2.24, 2.45) is 5.41 Å². The predicted octanol–water partition coefficient (Wildman–Crippen LogP) is 3.93. The lowest BCUT2D eigenvalue weighted by molar-refractivity contribution is -0.137. The van der Waals surface area contributed by atoms with Crippen LogP contribution in [0.1, 0.15) is 25.8 Å². The molecule has 1 fully saturated rings. The molecule has 0 amide bonds. The fourth-order valence-corrected chi connectivity index (χ4v) is 2.32. The summed E-state index contributed by atoms with van der Waals surface area (Å²) in [5.41, 5.74) is -0.865. The molecule has 2 nitrogen and oxygen atoms in total. The van der Waals surface area contributed by atoms with Crippen molar-refractivity contribution in [2.45, 2.75) is 38.6 Å². The second kappa shape index (κ2) is 4.56. The third-order valence-electron chi connectivity index (χ3n) is 3.84. The first-order valence-corrected chi connectivity index (χ1v) is 6.31. The highest BCUT2D eigenvalue weighted by atomic mass is 35.5. The van der Waals surface area contributed by atoms with E-state index in [-0.39, 0.29) is 22.2 Å². The van der Waals surface area contributed by atoms with Crippen LogP contribution in [0.4, 0.5) is 18.9 Å². The molecule has 2 N–H and O–H groups in total. The first-order valence-electron chi connectivity index (χ1n) is 5.93. The molecule has 19 heavy (non-hydrogen) atoms. The minimum Gasteiger partial charge on any atom is -0.392 e. The zero-order valence-corrected chi connectivity index (χ0v) is 11.3. The first kappa shape index (κ1) is 14.5. The van der Waals surface area contributed by atoms with Gasteiger partial charge in [-0.3, -0.25) is 0 Å². The highest BCUT2D eigenvalue weighted by Gasteiger charge is 2.47.